The molecule has 0 bridgehead atoms. The molecule has 3 rings (SSSR count). The van der Waals surface area contributed by atoms with Gasteiger partial charge in [0.15, 0.2) is 0 Å². The molecule has 180 valence electrons. The molecule has 8 heteroatoms. The predicted octanol–water partition coefficient (Wildman–Crippen LogP) is 3.48. The van der Waals surface area contributed by atoms with E-state index in [0.717, 1.165) is 16.8 Å². The third kappa shape index (κ3) is 7.14. The van der Waals surface area contributed by atoms with Crippen molar-refractivity contribution in [3.05, 3.63) is 66.0 Å². The Hall–Kier alpha value is -3.22. The maximum atomic E-state index is 13.4. The molecular formula is C26H30FN3O4. The molecule has 3 aromatic rings. The van der Waals surface area contributed by atoms with E-state index in [2.05, 4.69) is 5.92 Å². The number of halogens is 1. The minimum atomic E-state index is -0.733. The van der Waals surface area contributed by atoms with Crippen molar-refractivity contribution < 1.29 is 23.7 Å². The van der Waals surface area contributed by atoms with Gasteiger partial charge in [0.1, 0.15) is 23.9 Å². The molecule has 0 fully saturated rings. The monoisotopic (exact) mass is 467 g/mol. The number of aliphatic hydroxyl groups is 1. The molecule has 0 spiro atoms. The number of hydrogen-bond donors (Lipinski definition) is 1. The number of aryl methyl sites for hydroxylation is 1. The molecule has 0 aliphatic rings. The molecule has 0 aliphatic carbocycles. The fourth-order valence-corrected chi connectivity index (χ4v) is 3.55. The van der Waals surface area contributed by atoms with Crippen LogP contribution in [0.2, 0.25) is 0 Å². The lowest BCUT2D eigenvalue weighted by Crippen LogP contribution is -2.36. The van der Waals surface area contributed by atoms with Crippen molar-refractivity contribution in [2.24, 2.45) is 7.05 Å². The Kier molecular flexibility index (Phi) is 9.62. The van der Waals surface area contributed by atoms with Crippen molar-refractivity contribution in [3.8, 4) is 35.2 Å². The first-order valence-electron chi connectivity index (χ1n) is 11.0. The first-order valence-corrected chi connectivity index (χ1v) is 11.0. The Bertz CT molecular complexity index is 1060. The molecule has 1 atom stereocenters. The zero-order valence-electron chi connectivity index (χ0n) is 19.5. The lowest BCUT2D eigenvalue weighted by molar-refractivity contribution is 0.0206. The molecular weight excluding hydrogens is 437 g/mol. The molecule has 0 unspecified atom stereocenters. The maximum absolute atomic E-state index is 13.4. The van der Waals surface area contributed by atoms with Gasteiger partial charge in [-0.15, -0.1) is 6.42 Å². The van der Waals surface area contributed by atoms with Gasteiger partial charge in [-0.25, -0.2) is 9.07 Å². The van der Waals surface area contributed by atoms with E-state index in [-0.39, 0.29) is 19.0 Å². The summed E-state index contributed by atoms with van der Waals surface area (Å²) in [6.07, 6.45) is 4.49. The summed E-state index contributed by atoms with van der Waals surface area (Å²) < 4.78 is 31.8. The molecule has 2 aromatic carbocycles. The first-order chi connectivity index (χ1) is 16.5. The number of terminal acetylenes is 1. The zero-order valence-corrected chi connectivity index (χ0v) is 19.5. The molecule has 34 heavy (non-hydrogen) atoms. The van der Waals surface area contributed by atoms with Gasteiger partial charge in [-0.3, -0.25) is 4.90 Å². The molecule has 0 saturated carbocycles. The third-order valence-corrected chi connectivity index (χ3v) is 5.12. The van der Waals surface area contributed by atoms with E-state index in [0.29, 0.717) is 37.9 Å². The van der Waals surface area contributed by atoms with Gasteiger partial charge in [0.25, 0.3) is 0 Å². The van der Waals surface area contributed by atoms with Crippen molar-refractivity contribution in [2.45, 2.75) is 12.6 Å². The van der Waals surface area contributed by atoms with E-state index in [4.69, 9.17) is 25.7 Å². The summed E-state index contributed by atoms with van der Waals surface area (Å²) in [6, 6.07) is 15.6. The standard InChI is InChI=1S/C26H30FN3O4/c1-4-15-33-19-22(31)17-30(14-16-32-3)18-24-25(20-8-6-5-7-9-20)28-29(2)26(24)34-23-12-10-21(27)11-13-23/h1,5-13,22,31H,14-19H2,2-3H3/t22-/m0/s1. The smallest absolute Gasteiger partial charge is 0.222 e. The second-order valence-corrected chi connectivity index (χ2v) is 7.78. The maximum Gasteiger partial charge on any atom is 0.222 e. The number of nitrogens with zero attached hydrogens (tertiary/aromatic N) is 3. The summed E-state index contributed by atoms with van der Waals surface area (Å²) in [6.45, 7) is 2.10. The summed E-state index contributed by atoms with van der Waals surface area (Å²) in [5, 5.41) is 15.2. The number of benzene rings is 2. The highest BCUT2D eigenvalue weighted by Crippen LogP contribution is 2.34. The van der Waals surface area contributed by atoms with Crippen LogP contribution in [0.15, 0.2) is 54.6 Å². The fourth-order valence-electron chi connectivity index (χ4n) is 3.55. The van der Waals surface area contributed by atoms with Crippen molar-refractivity contribution in [1.29, 1.82) is 0 Å². The van der Waals surface area contributed by atoms with Crippen LogP contribution in [0.25, 0.3) is 11.3 Å². The van der Waals surface area contributed by atoms with E-state index in [1.807, 2.05) is 35.2 Å². The molecule has 0 aliphatic heterocycles. The summed E-state index contributed by atoms with van der Waals surface area (Å²) in [4.78, 5) is 2.05. The molecule has 0 radical (unpaired) electrons. The van der Waals surface area contributed by atoms with Crippen LogP contribution in [0.3, 0.4) is 0 Å². The van der Waals surface area contributed by atoms with E-state index < -0.39 is 6.10 Å². The van der Waals surface area contributed by atoms with E-state index >= 15 is 0 Å². The van der Waals surface area contributed by atoms with Crippen molar-refractivity contribution >= 4 is 0 Å². The average molecular weight is 468 g/mol. The second-order valence-electron chi connectivity index (χ2n) is 7.78. The molecule has 1 heterocycles. The largest absolute Gasteiger partial charge is 0.439 e. The number of ether oxygens (including phenoxy) is 3. The van der Waals surface area contributed by atoms with E-state index in [1.54, 1.807) is 31.0 Å². The summed E-state index contributed by atoms with van der Waals surface area (Å²) in [5.41, 5.74) is 2.54. The number of aliphatic hydroxyl groups excluding tert-OH is 1. The molecule has 7 nitrogen and oxygen atoms in total. The van der Waals surface area contributed by atoms with Crippen LogP contribution >= 0.6 is 0 Å². The summed E-state index contributed by atoms with van der Waals surface area (Å²) >= 11 is 0. The molecule has 1 N–H and O–H groups in total. The minimum Gasteiger partial charge on any atom is -0.439 e. The quantitative estimate of drug-likeness (QED) is 0.307. The van der Waals surface area contributed by atoms with Crippen LogP contribution in [0, 0.1) is 18.2 Å². The first kappa shape index (κ1) is 25.4. The van der Waals surface area contributed by atoms with Gasteiger partial charge >= 0.3 is 0 Å². The normalized spacial score (nSPS) is 12.0. The number of hydrogen-bond acceptors (Lipinski definition) is 6. The lowest BCUT2D eigenvalue weighted by Gasteiger charge is -2.25. The van der Waals surface area contributed by atoms with Crippen molar-refractivity contribution in [3.63, 3.8) is 0 Å². The van der Waals surface area contributed by atoms with E-state index in [9.17, 15) is 9.50 Å². The van der Waals surface area contributed by atoms with Crippen molar-refractivity contribution in [1.82, 2.24) is 14.7 Å². The highest BCUT2D eigenvalue weighted by Gasteiger charge is 2.23. The SMILES string of the molecule is C#CCOC[C@@H](O)CN(CCOC)Cc1c(-c2ccccc2)nn(C)c1Oc1ccc(F)cc1. The Balaban J connectivity index is 1.92. The number of rotatable bonds is 13. The van der Waals surface area contributed by atoms with Gasteiger partial charge in [-0.05, 0) is 24.3 Å². The van der Waals surface area contributed by atoms with E-state index in [1.165, 1.54) is 12.1 Å². The third-order valence-electron chi connectivity index (χ3n) is 5.12. The number of aromatic nitrogens is 2. The highest BCUT2D eigenvalue weighted by atomic mass is 19.1. The van der Waals surface area contributed by atoms with Crippen LogP contribution in [0.4, 0.5) is 4.39 Å². The Morgan fingerprint density at radius 1 is 1.18 bits per heavy atom. The van der Waals surface area contributed by atoms with Gasteiger partial charge in [0.05, 0.1) is 24.9 Å². The number of methoxy groups -OCH3 is 1. The topological polar surface area (TPSA) is 69.0 Å². The Labute approximate surface area is 199 Å². The molecule has 0 amide bonds. The van der Waals surface area contributed by atoms with Gasteiger partial charge < -0.3 is 19.3 Å². The summed E-state index contributed by atoms with van der Waals surface area (Å²) in [7, 11) is 3.43. The van der Waals surface area contributed by atoms with Crippen LogP contribution in [-0.2, 0) is 23.1 Å². The highest BCUT2D eigenvalue weighted by molar-refractivity contribution is 5.65. The zero-order chi connectivity index (χ0) is 24.3. The Morgan fingerprint density at radius 3 is 2.59 bits per heavy atom. The Morgan fingerprint density at radius 2 is 1.91 bits per heavy atom. The average Bonchev–Trinajstić information content (AvgIpc) is 3.14. The van der Waals surface area contributed by atoms with Crippen LogP contribution in [-0.4, -0.2) is 65.9 Å². The molecule has 0 saturated heterocycles. The summed E-state index contributed by atoms with van der Waals surface area (Å²) in [5.74, 6) is 3.09. The van der Waals surface area contributed by atoms with Crippen LogP contribution < -0.4 is 4.74 Å². The van der Waals surface area contributed by atoms with Gasteiger partial charge in [-0.1, -0.05) is 36.3 Å². The lowest BCUT2D eigenvalue weighted by atomic mass is 10.1. The van der Waals surface area contributed by atoms with Crippen LogP contribution in [0.5, 0.6) is 11.6 Å². The van der Waals surface area contributed by atoms with Gasteiger partial charge in [0, 0.05) is 39.4 Å². The predicted molar refractivity (Wildman–Crippen MR) is 128 cm³/mol. The molecule has 1 aromatic heterocycles. The van der Waals surface area contributed by atoms with Gasteiger partial charge in [-0.2, -0.15) is 5.10 Å². The van der Waals surface area contributed by atoms with Crippen LogP contribution in [0.1, 0.15) is 5.56 Å². The second kappa shape index (κ2) is 12.9. The minimum absolute atomic E-state index is 0.130. The fraction of sp³-hybridized carbons (Fsp3) is 0.346. The van der Waals surface area contributed by atoms with Crippen molar-refractivity contribution in [2.75, 3.05) is 40.0 Å². The van der Waals surface area contributed by atoms with Gasteiger partial charge in [0.2, 0.25) is 5.88 Å².